The number of piperidine rings is 1. The summed E-state index contributed by atoms with van der Waals surface area (Å²) in [7, 11) is 8.18. The molecule has 2 fully saturated rings. The van der Waals surface area contributed by atoms with Gasteiger partial charge in [0.05, 0.1) is 13.1 Å². The SMILES string of the molecule is CN(C)CCn1nc(-c2ccc(N(C)C)nc2)nc1CN1CC2CC2C1. The van der Waals surface area contributed by atoms with E-state index < -0.39 is 0 Å². The van der Waals surface area contributed by atoms with Crippen molar-refractivity contribution < 1.29 is 0 Å². The van der Waals surface area contributed by atoms with Gasteiger partial charge in [0.1, 0.15) is 11.6 Å². The Labute approximate surface area is 155 Å². The summed E-state index contributed by atoms with van der Waals surface area (Å²) in [6, 6.07) is 4.08. The molecule has 7 heteroatoms. The van der Waals surface area contributed by atoms with Gasteiger partial charge < -0.3 is 9.80 Å². The molecule has 4 rings (SSSR count). The highest BCUT2D eigenvalue weighted by molar-refractivity contribution is 5.55. The maximum absolute atomic E-state index is 4.87. The van der Waals surface area contributed by atoms with Crippen molar-refractivity contribution in [1.29, 1.82) is 0 Å². The van der Waals surface area contributed by atoms with Crippen LogP contribution >= 0.6 is 0 Å². The molecule has 2 aliphatic rings. The van der Waals surface area contributed by atoms with Crippen molar-refractivity contribution >= 4 is 5.82 Å². The maximum atomic E-state index is 4.87. The summed E-state index contributed by atoms with van der Waals surface area (Å²) in [5.41, 5.74) is 0.977. The highest BCUT2D eigenvalue weighted by Gasteiger charge is 2.45. The van der Waals surface area contributed by atoms with E-state index in [0.717, 1.165) is 54.5 Å². The van der Waals surface area contributed by atoms with E-state index >= 15 is 0 Å². The second-order valence-electron chi connectivity index (χ2n) is 8.13. The molecule has 0 N–H and O–H groups in total. The molecule has 2 atom stereocenters. The molecule has 1 aliphatic heterocycles. The van der Waals surface area contributed by atoms with Gasteiger partial charge in [0.25, 0.3) is 0 Å². The first-order valence-electron chi connectivity index (χ1n) is 9.44. The van der Waals surface area contributed by atoms with Gasteiger partial charge in [0, 0.05) is 45.5 Å². The van der Waals surface area contributed by atoms with E-state index in [4.69, 9.17) is 10.1 Å². The number of likely N-dealkylation sites (tertiary alicyclic amines) is 1. The molecule has 2 aromatic rings. The van der Waals surface area contributed by atoms with Crippen molar-refractivity contribution in [2.24, 2.45) is 11.8 Å². The third-order valence-corrected chi connectivity index (χ3v) is 5.39. The highest BCUT2D eigenvalue weighted by Crippen LogP contribution is 2.45. The molecule has 140 valence electrons. The fourth-order valence-electron chi connectivity index (χ4n) is 3.69. The first-order chi connectivity index (χ1) is 12.5. The van der Waals surface area contributed by atoms with Crippen molar-refractivity contribution in [3.05, 3.63) is 24.2 Å². The summed E-state index contributed by atoms with van der Waals surface area (Å²) in [6.45, 7) is 5.16. The third-order valence-electron chi connectivity index (χ3n) is 5.39. The topological polar surface area (TPSA) is 53.3 Å². The summed E-state index contributed by atoms with van der Waals surface area (Å²) >= 11 is 0. The highest BCUT2D eigenvalue weighted by atomic mass is 15.4. The molecular formula is C19H29N7. The lowest BCUT2D eigenvalue weighted by Gasteiger charge is -2.17. The predicted molar refractivity (Wildman–Crippen MR) is 103 cm³/mol. The van der Waals surface area contributed by atoms with Crippen LogP contribution in [0.1, 0.15) is 12.2 Å². The quantitative estimate of drug-likeness (QED) is 0.749. The molecule has 0 bridgehead atoms. The molecule has 1 aliphatic carbocycles. The van der Waals surface area contributed by atoms with Crippen molar-refractivity contribution in [2.75, 3.05) is 52.7 Å². The van der Waals surface area contributed by atoms with Crippen LogP contribution in [0.2, 0.25) is 0 Å². The third kappa shape index (κ3) is 3.73. The molecule has 0 aromatic carbocycles. The molecule has 1 saturated heterocycles. The van der Waals surface area contributed by atoms with Crippen LogP contribution in [0.25, 0.3) is 11.4 Å². The summed E-state index contributed by atoms with van der Waals surface area (Å²) in [4.78, 5) is 16.1. The second-order valence-corrected chi connectivity index (χ2v) is 8.13. The smallest absolute Gasteiger partial charge is 0.182 e. The zero-order chi connectivity index (χ0) is 18.3. The number of pyridine rings is 1. The predicted octanol–water partition coefficient (Wildman–Crippen LogP) is 1.42. The normalized spacial score (nSPS) is 22.0. The molecule has 26 heavy (non-hydrogen) atoms. The molecule has 0 spiro atoms. The Morgan fingerprint density at radius 2 is 1.88 bits per heavy atom. The molecule has 0 amide bonds. The Morgan fingerprint density at radius 1 is 1.12 bits per heavy atom. The van der Waals surface area contributed by atoms with Gasteiger partial charge in [0.2, 0.25) is 0 Å². The molecule has 7 nitrogen and oxygen atoms in total. The van der Waals surface area contributed by atoms with E-state index in [1.807, 2.05) is 31.3 Å². The molecule has 3 heterocycles. The summed E-state index contributed by atoms with van der Waals surface area (Å²) in [6.07, 6.45) is 3.30. The molecular weight excluding hydrogens is 326 g/mol. The molecule has 2 unspecified atom stereocenters. The Kier molecular flexibility index (Phi) is 4.67. The summed E-state index contributed by atoms with van der Waals surface area (Å²) in [5.74, 6) is 4.67. The monoisotopic (exact) mass is 355 g/mol. The van der Waals surface area contributed by atoms with Gasteiger partial charge in [0.15, 0.2) is 5.82 Å². The number of rotatable bonds is 7. The minimum absolute atomic E-state index is 0.779. The van der Waals surface area contributed by atoms with E-state index in [2.05, 4.69) is 39.6 Å². The lowest BCUT2D eigenvalue weighted by molar-refractivity contribution is 0.278. The van der Waals surface area contributed by atoms with Crippen LogP contribution < -0.4 is 4.90 Å². The van der Waals surface area contributed by atoms with E-state index in [9.17, 15) is 0 Å². The van der Waals surface area contributed by atoms with Gasteiger partial charge >= 0.3 is 0 Å². The van der Waals surface area contributed by atoms with Crippen LogP contribution in [0.4, 0.5) is 5.82 Å². The fraction of sp³-hybridized carbons (Fsp3) is 0.632. The minimum atomic E-state index is 0.779. The average molecular weight is 355 g/mol. The maximum Gasteiger partial charge on any atom is 0.182 e. The standard InChI is InChI=1S/C19H29N7/c1-23(2)7-8-26-18(13-25-11-15-9-16(15)12-25)21-19(22-26)14-5-6-17(20-10-14)24(3)4/h5-6,10,15-16H,7-9,11-13H2,1-4H3. The van der Waals surface area contributed by atoms with Gasteiger partial charge in [-0.3, -0.25) is 4.90 Å². The van der Waals surface area contributed by atoms with Gasteiger partial charge in [-0.1, -0.05) is 0 Å². The number of hydrogen-bond acceptors (Lipinski definition) is 6. The second kappa shape index (κ2) is 6.96. The van der Waals surface area contributed by atoms with Crippen LogP contribution in [0.5, 0.6) is 0 Å². The van der Waals surface area contributed by atoms with Gasteiger partial charge in [-0.15, -0.1) is 0 Å². The van der Waals surface area contributed by atoms with Crippen LogP contribution in [-0.4, -0.2) is 77.4 Å². The molecule has 2 aromatic heterocycles. The first kappa shape index (κ1) is 17.4. The van der Waals surface area contributed by atoms with Gasteiger partial charge in [-0.25, -0.2) is 14.6 Å². The van der Waals surface area contributed by atoms with E-state index in [1.54, 1.807) is 0 Å². The number of likely N-dealkylation sites (N-methyl/N-ethyl adjacent to an activating group) is 1. The van der Waals surface area contributed by atoms with Crippen molar-refractivity contribution in [2.45, 2.75) is 19.5 Å². The number of nitrogens with zero attached hydrogens (tertiary/aromatic N) is 7. The molecule has 0 radical (unpaired) electrons. The zero-order valence-electron chi connectivity index (χ0n) is 16.3. The Bertz CT molecular complexity index is 740. The Hall–Kier alpha value is -1.99. The van der Waals surface area contributed by atoms with Crippen molar-refractivity contribution in [3.8, 4) is 11.4 Å². The number of anilines is 1. The van der Waals surface area contributed by atoms with E-state index in [-0.39, 0.29) is 0 Å². The molecule has 1 saturated carbocycles. The van der Waals surface area contributed by atoms with Crippen LogP contribution in [0.3, 0.4) is 0 Å². The summed E-state index contributed by atoms with van der Waals surface area (Å²) < 4.78 is 2.08. The van der Waals surface area contributed by atoms with Gasteiger partial charge in [-0.05, 0) is 44.5 Å². The first-order valence-corrected chi connectivity index (χ1v) is 9.44. The largest absolute Gasteiger partial charge is 0.363 e. The van der Waals surface area contributed by atoms with E-state index in [0.29, 0.717) is 0 Å². The average Bonchev–Trinajstić information content (AvgIpc) is 3.03. The van der Waals surface area contributed by atoms with Crippen molar-refractivity contribution in [1.82, 2.24) is 29.5 Å². The number of fused-ring (bicyclic) bond motifs is 1. The van der Waals surface area contributed by atoms with E-state index in [1.165, 1.54) is 19.5 Å². The Morgan fingerprint density at radius 3 is 2.50 bits per heavy atom. The van der Waals surface area contributed by atoms with Crippen LogP contribution in [0.15, 0.2) is 18.3 Å². The Balaban J connectivity index is 1.54. The lowest BCUT2D eigenvalue weighted by Crippen LogP contribution is -2.26. The summed E-state index contributed by atoms with van der Waals surface area (Å²) in [5, 5.41) is 4.80. The lowest BCUT2D eigenvalue weighted by atomic mass is 10.2. The van der Waals surface area contributed by atoms with Crippen LogP contribution in [0, 0.1) is 11.8 Å². The zero-order valence-corrected chi connectivity index (χ0v) is 16.3. The van der Waals surface area contributed by atoms with Gasteiger partial charge in [-0.2, -0.15) is 5.10 Å². The fourth-order valence-corrected chi connectivity index (χ4v) is 3.69. The van der Waals surface area contributed by atoms with Crippen LogP contribution in [-0.2, 0) is 13.1 Å². The number of aromatic nitrogens is 4. The number of hydrogen-bond donors (Lipinski definition) is 0. The minimum Gasteiger partial charge on any atom is -0.363 e. The van der Waals surface area contributed by atoms with Crippen molar-refractivity contribution in [3.63, 3.8) is 0 Å².